The molecule has 5 heteroatoms. The first-order chi connectivity index (χ1) is 12.5. The van der Waals surface area contributed by atoms with Gasteiger partial charge in [-0.25, -0.2) is 0 Å². The lowest BCUT2D eigenvalue weighted by molar-refractivity contribution is 0.102. The smallest absolute Gasteiger partial charge is 0.257 e. The number of para-hydroxylation sites is 1. The van der Waals surface area contributed by atoms with Crippen molar-refractivity contribution in [3.8, 4) is 17.2 Å². The van der Waals surface area contributed by atoms with Gasteiger partial charge in [-0.05, 0) is 44.2 Å². The molecule has 1 heterocycles. The van der Waals surface area contributed by atoms with E-state index in [1.807, 2.05) is 50.2 Å². The molecule has 0 aliphatic heterocycles. The van der Waals surface area contributed by atoms with Gasteiger partial charge in [-0.2, -0.15) is 0 Å². The third-order valence-corrected chi connectivity index (χ3v) is 4.34. The largest absolute Gasteiger partial charge is 0.497 e. The SMILES string of the molecule is COc1ccc(OC)c(NC(=O)c2cc(C)n(-c3ccccc3)c2C)c1. The fraction of sp³-hybridized carbons (Fsp3) is 0.190. The highest BCUT2D eigenvalue weighted by molar-refractivity contribution is 6.06. The van der Waals surface area contributed by atoms with Crippen molar-refractivity contribution >= 4 is 11.6 Å². The molecule has 0 unspecified atom stereocenters. The van der Waals surface area contributed by atoms with Gasteiger partial charge in [-0.3, -0.25) is 4.79 Å². The molecular weight excluding hydrogens is 328 g/mol. The van der Waals surface area contributed by atoms with E-state index in [1.54, 1.807) is 32.4 Å². The number of aromatic nitrogens is 1. The number of nitrogens with zero attached hydrogens (tertiary/aromatic N) is 1. The van der Waals surface area contributed by atoms with E-state index < -0.39 is 0 Å². The number of methoxy groups -OCH3 is 2. The number of carbonyl (C=O) groups excluding carboxylic acids is 1. The molecule has 0 bridgehead atoms. The molecule has 0 atom stereocenters. The number of aryl methyl sites for hydroxylation is 1. The molecule has 0 aliphatic carbocycles. The summed E-state index contributed by atoms with van der Waals surface area (Å²) in [5.41, 5.74) is 4.10. The van der Waals surface area contributed by atoms with Gasteiger partial charge in [0.1, 0.15) is 11.5 Å². The van der Waals surface area contributed by atoms with Crippen LogP contribution < -0.4 is 14.8 Å². The fourth-order valence-corrected chi connectivity index (χ4v) is 3.07. The summed E-state index contributed by atoms with van der Waals surface area (Å²) in [6.07, 6.45) is 0. The second kappa shape index (κ2) is 7.35. The monoisotopic (exact) mass is 350 g/mol. The zero-order valence-electron chi connectivity index (χ0n) is 15.4. The lowest BCUT2D eigenvalue weighted by Crippen LogP contribution is -2.14. The Morgan fingerprint density at radius 1 is 0.962 bits per heavy atom. The maximum absolute atomic E-state index is 12.9. The van der Waals surface area contributed by atoms with Gasteiger partial charge in [0.15, 0.2) is 0 Å². The van der Waals surface area contributed by atoms with Crippen molar-refractivity contribution in [1.29, 1.82) is 0 Å². The number of nitrogens with one attached hydrogen (secondary N) is 1. The van der Waals surface area contributed by atoms with Gasteiger partial charge in [0.05, 0.1) is 25.5 Å². The summed E-state index contributed by atoms with van der Waals surface area (Å²) in [6, 6.07) is 17.2. The van der Waals surface area contributed by atoms with Crippen LogP contribution in [-0.4, -0.2) is 24.7 Å². The number of anilines is 1. The number of hydrogen-bond acceptors (Lipinski definition) is 3. The maximum Gasteiger partial charge on any atom is 0.257 e. The Hall–Kier alpha value is -3.21. The van der Waals surface area contributed by atoms with E-state index in [0.29, 0.717) is 22.7 Å². The highest BCUT2D eigenvalue weighted by Gasteiger charge is 2.18. The Morgan fingerprint density at radius 3 is 2.35 bits per heavy atom. The number of carbonyl (C=O) groups is 1. The molecule has 3 aromatic rings. The number of benzene rings is 2. The van der Waals surface area contributed by atoms with Crippen LogP contribution in [-0.2, 0) is 0 Å². The van der Waals surface area contributed by atoms with Gasteiger partial charge in [0.25, 0.3) is 5.91 Å². The third kappa shape index (κ3) is 3.28. The minimum atomic E-state index is -0.188. The summed E-state index contributed by atoms with van der Waals surface area (Å²) in [5, 5.41) is 2.93. The Labute approximate surface area is 153 Å². The minimum Gasteiger partial charge on any atom is -0.497 e. The molecule has 26 heavy (non-hydrogen) atoms. The molecule has 1 amide bonds. The van der Waals surface area contributed by atoms with Crippen molar-refractivity contribution in [2.45, 2.75) is 13.8 Å². The first-order valence-corrected chi connectivity index (χ1v) is 8.33. The van der Waals surface area contributed by atoms with E-state index in [0.717, 1.165) is 17.1 Å². The molecule has 0 spiro atoms. The highest BCUT2D eigenvalue weighted by atomic mass is 16.5. The van der Waals surface area contributed by atoms with E-state index in [2.05, 4.69) is 9.88 Å². The summed E-state index contributed by atoms with van der Waals surface area (Å²) < 4.78 is 12.6. The van der Waals surface area contributed by atoms with Crippen LogP contribution in [0.15, 0.2) is 54.6 Å². The zero-order chi connectivity index (χ0) is 18.7. The Bertz CT molecular complexity index is 930. The molecule has 0 fully saturated rings. The van der Waals surface area contributed by atoms with Crippen molar-refractivity contribution in [2.75, 3.05) is 19.5 Å². The Balaban J connectivity index is 1.95. The summed E-state index contributed by atoms with van der Waals surface area (Å²) in [6.45, 7) is 3.93. The van der Waals surface area contributed by atoms with Crippen LogP contribution in [0.3, 0.4) is 0 Å². The van der Waals surface area contributed by atoms with Gasteiger partial charge in [0.2, 0.25) is 0 Å². The number of amides is 1. The molecule has 1 N–H and O–H groups in total. The van der Waals surface area contributed by atoms with E-state index in [-0.39, 0.29) is 5.91 Å². The molecule has 3 rings (SSSR count). The first kappa shape index (κ1) is 17.6. The molecule has 5 nitrogen and oxygen atoms in total. The molecule has 1 aromatic heterocycles. The predicted molar refractivity (Wildman–Crippen MR) is 103 cm³/mol. The number of hydrogen-bond donors (Lipinski definition) is 1. The van der Waals surface area contributed by atoms with Gasteiger partial charge in [-0.1, -0.05) is 18.2 Å². The quantitative estimate of drug-likeness (QED) is 0.744. The fourth-order valence-electron chi connectivity index (χ4n) is 3.07. The van der Waals surface area contributed by atoms with Crippen molar-refractivity contribution in [2.24, 2.45) is 0 Å². The lowest BCUT2D eigenvalue weighted by Gasteiger charge is -2.12. The molecule has 0 saturated carbocycles. The van der Waals surface area contributed by atoms with E-state index in [4.69, 9.17) is 9.47 Å². The van der Waals surface area contributed by atoms with E-state index >= 15 is 0 Å². The maximum atomic E-state index is 12.9. The lowest BCUT2D eigenvalue weighted by atomic mass is 10.2. The van der Waals surface area contributed by atoms with Gasteiger partial charge in [-0.15, -0.1) is 0 Å². The first-order valence-electron chi connectivity index (χ1n) is 8.33. The summed E-state index contributed by atoms with van der Waals surface area (Å²) in [4.78, 5) is 12.9. The second-order valence-corrected chi connectivity index (χ2v) is 5.98. The van der Waals surface area contributed by atoms with Crippen molar-refractivity contribution < 1.29 is 14.3 Å². The van der Waals surface area contributed by atoms with Crippen molar-refractivity contribution in [3.63, 3.8) is 0 Å². The second-order valence-electron chi connectivity index (χ2n) is 5.98. The molecule has 0 radical (unpaired) electrons. The molecular formula is C21H22N2O3. The molecule has 2 aromatic carbocycles. The summed E-state index contributed by atoms with van der Waals surface area (Å²) in [7, 11) is 3.15. The summed E-state index contributed by atoms with van der Waals surface area (Å²) in [5.74, 6) is 1.04. The van der Waals surface area contributed by atoms with Crippen molar-refractivity contribution in [1.82, 2.24) is 4.57 Å². The topological polar surface area (TPSA) is 52.5 Å². The van der Waals surface area contributed by atoms with Gasteiger partial charge in [0, 0.05) is 23.1 Å². The van der Waals surface area contributed by atoms with E-state index in [9.17, 15) is 4.79 Å². The zero-order valence-corrected chi connectivity index (χ0v) is 15.4. The molecule has 0 saturated heterocycles. The minimum absolute atomic E-state index is 0.188. The van der Waals surface area contributed by atoms with Crippen LogP contribution in [0.2, 0.25) is 0 Å². The van der Waals surface area contributed by atoms with Crippen molar-refractivity contribution in [3.05, 3.63) is 71.5 Å². The van der Waals surface area contributed by atoms with Crippen LogP contribution in [0.5, 0.6) is 11.5 Å². The van der Waals surface area contributed by atoms with Crippen LogP contribution in [0.1, 0.15) is 21.7 Å². The molecule has 0 aliphatic rings. The predicted octanol–water partition coefficient (Wildman–Crippen LogP) is 4.36. The van der Waals surface area contributed by atoms with Crippen LogP contribution in [0, 0.1) is 13.8 Å². The summed E-state index contributed by atoms with van der Waals surface area (Å²) >= 11 is 0. The molecule has 134 valence electrons. The highest BCUT2D eigenvalue weighted by Crippen LogP contribution is 2.30. The van der Waals surface area contributed by atoms with Gasteiger partial charge >= 0.3 is 0 Å². The Morgan fingerprint density at radius 2 is 1.69 bits per heavy atom. The normalized spacial score (nSPS) is 10.5. The third-order valence-electron chi connectivity index (χ3n) is 4.34. The van der Waals surface area contributed by atoms with Crippen LogP contribution in [0.25, 0.3) is 5.69 Å². The Kier molecular flexibility index (Phi) is 4.98. The average Bonchev–Trinajstić information content (AvgIpc) is 2.96. The van der Waals surface area contributed by atoms with Crippen LogP contribution >= 0.6 is 0 Å². The van der Waals surface area contributed by atoms with E-state index in [1.165, 1.54) is 0 Å². The number of rotatable bonds is 5. The number of ether oxygens (including phenoxy) is 2. The van der Waals surface area contributed by atoms with Crippen LogP contribution in [0.4, 0.5) is 5.69 Å². The average molecular weight is 350 g/mol. The van der Waals surface area contributed by atoms with Gasteiger partial charge < -0.3 is 19.4 Å². The standard InChI is InChI=1S/C21H22N2O3/c1-14-12-18(15(2)23(14)16-8-6-5-7-9-16)21(24)22-19-13-17(25-3)10-11-20(19)26-4/h5-13H,1-4H3,(H,22,24).